The van der Waals surface area contributed by atoms with Crippen LogP contribution in [0.15, 0.2) is 18.2 Å². The predicted molar refractivity (Wildman–Crippen MR) is 56.2 cm³/mol. The van der Waals surface area contributed by atoms with Gasteiger partial charge in [0.2, 0.25) is 0 Å². The van der Waals surface area contributed by atoms with Gasteiger partial charge in [-0.15, -0.1) is 0 Å². The Balaban J connectivity index is 2.35. The molecule has 4 heteroatoms. The number of hydrogen-bond donors (Lipinski definition) is 1. The zero-order valence-electron chi connectivity index (χ0n) is 8.36. The van der Waals surface area contributed by atoms with Crippen molar-refractivity contribution >= 4 is 11.6 Å². The normalized spacial score (nSPS) is 22.2. The Morgan fingerprint density at radius 2 is 1.93 bits per heavy atom. The Labute approximate surface area is 92.2 Å². The summed E-state index contributed by atoms with van der Waals surface area (Å²) >= 11 is 5.96. The molecule has 0 unspecified atom stereocenters. The Bertz CT molecular complexity index is 396. The summed E-state index contributed by atoms with van der Waals surface area (Å²) in [5.41, 5.74) is 6.57. The number of nitrogens with two attached hydrogens (primary N) is 1. The van der Waals surface area contributed by atoms with Crippen LogP contribution in [0.3, 0.4) is 0 Å². The number of alkyl halides is 2. The van der Waals surface area contributed by atoms with E-state index in [0.717, 1.165) is 5.56 Å². The third kappa shape index (κ3) is 1.86. The average Bonchev–Trinajstić information content (AvgIpc) is 2.05. The summed E-state index contributed by atoms with van der Waals surface area (Å²) in [5, 5.41) is 0.471. The molecule has 1 aromatic carbocycles. The summed E-state index contributed by atoms with van der Waals surface area (Å²) in [6.07, 6.45) is -0.633. The number of rotatable bonds is 1. The number of aryl methyl sites for hydroxylation is 1. The van der Waals surface area contributed by atoms with Crippen LogP contribution in [0.1, 0.15) is 24.0 Å². The lowest BCUT2D eigenvalue weighted by molar-refractivity contribution is -0.125. The molecule has 0 aromatic heterocycles. The van der Waals surface area contributed by atoms with Crippen LogP contribution in [0.2, 0.25) is 5.02 Å². The minimum absolute atomic E-state index is 0.316. The minimum Gasteiger partial charge on any atom is -0.321 e. The molecule has 1 aromatic rings. The second-order valence-corrected chi connectivity index (χ2v) is 4.76. The van der Waals surface area contributed by atoms with Gasteiger partial charge in [-0.1, -0.05) is 29.3 Å². The molecule has 1 aliphatic rings. The molecule has 2 rings (SSSR count). The predicted octanol–water partition coefficient (Wildman–Crippen LogP) is 3.23. The van der Waals surface area contributed by atoms with E-state index < -0.39 is 11.5 Å². The van der Waals surface area contributed by atoms with Gasteiger partial charge in [0.25, 0.3) is 5.92 Å². The van der Waals surface area contributed by atoms with Crippen molar-refractivity contribution in [2.75, 3.05) is 0 Å². The van der Waals surface area contributed by atoms with Crippen molar-refractivity contribution in [3.63, 3.8) is 0 Å². The first kappa shape index (κ1) is 10.8. The maximum Gasteiger partial charge on any atom is 0.252 e. The largest absolute Gasteiger partial charge is 0.321 e. The van der Waals surface area contributed by atoms with Crippen molar-refractivity contribution in [3.8, 4) is 0 Å². The third-order valence-electron chi connectivity index (χ3n) is 2.81. The van der Waals surface area contributed by atoms with Crippen LogP contribution < -0.4 is 5.73 Å². The monoisotopic (exact) mass is 231 g/mol. The molecule has 0 spiro atoms. The second-order valence-electron chi connectivity index (χ2n) is 4.35. The van der Waals surface area contributed by atoms with Gasteiger partial charge >= 0.3 is 0 Å². The van der Waals surface area contributed by atoms with Crippen LogP contribution in [-0.4, -0.2) is 5.92 Å². The summed E-state index contributed by atoms with van der Waals surface area (Å²) < 4.78 is 25.7. The Hall–Kier alpha value is -0.670. The molecule has 1 aliphatic carbocycles. The van der Waals surface area contributed by atoms with E-state index in [9.17, 15) is 8.78 Å². The first-order chi connectivity index (χ1) is 6.82. The molecule has 0 amide bonds. The van der Waals surface area contributed by atoms with Crippen LogP contribution in [0.5, 0.6) is 0 Å². The first-order valence-corrected chi connectivity index (χ1v) is 5.14. The van der Waals surface area contributed by atoms with E-state index in [1.54, 1.807) is 12.1 Å². The van der Waals surface area contributed by atoms with Gasteiger partial charge in [0.15, 0.2) is 0 Å². The van der Waals surface area contributed by atoms with Crippen molar-refractivity contribution in [2.45, 2.75) is 31.2 Å². The number of benzene rings is 1. The van der Waals surface area contributed by atoms with Crippen molar-refractivity contribution in [2.24, 2.45) is 5.73 Å². The Morgan fingerprint density at radius 3 is 2.47 bits per heavy atom. The molecular formula is C11H12ClF2N. The average molecular weight is 232 g/mol. The Kier molecular flexibility index (Phi) is 2.28. The molecule has 0 heterocycles. The van der Waals surface area contributed by atoms with Crippen molar-refractivity contribution in [1.29, 1.82) is 0 Å². The summed E-state index contributed by atoms with van der Waals surface area (Å²) in [6.45, 7) is 1.89. The fourth-order valence-corrected chi connectivity index (χ4v) is 2.39. The van der Waals surface area contributed by atoms with E-state index in [0.29, 0.717) is 10.6 Å². The highest BCUT2D eigenvalue weighted by atomic mass is 35.5. The highest BCUT2D eigenvalue weighted by molar-refractivity contribution is 6.31. The molecule has 1 fully saturated rings. The summed E-state index contributed by atoms with van der Waals surface area (Å²) in [4.78, 5) is 0. The van der Waals surface area contributed by atoms with Gasteiger partial charge in [0, 0.05) is 17.9 Å². The molecule has 0 radical (unpaired) electrons. The highest BCUT2D eigenvalue weighted by Gasteiger charge is 2.55. The number of hydrogen-bond acceptors (Lipinski definition) is 1. The van der Waals surface area contributed by atoms with E-state index in [2.05, 4.69) is 0 Å². The van der Waals surface area contributed by atoms with Gasteiger partial charge < -0.3 is 5.73 Å². The molecule has 0 atom stereocenters. The molecule has 82 valence electrons. The first-order valence-electron chi connectivity index (χ1n) is 4.76. The molecule has 2 N–H and O–H groups in total. The second kappa shape index (κ2) is 3.16. The SMILES string of the molecule is Cc1ccc(Cl)c(C2(N)CC(F)(F)C2)c1. The fraction of sp³-hybridized carbons (Fsp3) is 0.455. The van der Waals surface area contributed by atoms with E-state index >= 15 is 0 Å². The van der Waals surface area contributed by atoms with Gasteiger partial charge in [0.1, 0.15) is 0 Å². The zero-order valence-corrected chi connectivity index (χ0v) is 9.11. The highest BCUT2D eigenvalue weighted by Crippen LogP contribution is 2.51. The summed E-state index contributed by atoms with van der Waals surface area (Å²) in [6, 6.07) is 5.33. The zero-order chi connectivity index (χ0) is 11.3. The quantitative estimate of drug-likeness (QED) is 0.789. The van der Waals surface area contributed by atoms with E-state index in [1.165, 1.54) is 0 Å². The van der Waals surface area contributed by atoms with Crippen LogP contribution in [0.25, 0.3) is 0 Å². The van der Waals surface area contributed by atoms with Gasteiger partial charge in [0.05, 0.1) is 5.54 Å². The lowest BCUT2D eigenvalue weighted by atomic mass is 9.69. The van der Waals surface area contributed by atoms with Crippen LogP contribution >= 0.6 is 11.6 Å². The van der Waals surface area contributed by atoms with Crippen LogP contribution in [0, 0.1) is 6.92 Å². The van der Waals surface area contributed by atoms with Gasteiger partial charge in [-0.25, -0.2) is 8.78 Å². The molecule has 0 bridgehead atoms. The van der Waals surface area contributed by atoms with Gasteiger partial charge in [-0.05, 0) is 18.6 Å². The van der Waals surface area contributed by atoms with E-state index in [-0.39, 0.29) is 12.8 Å². The minimum atomic E-state index is -2.64. The van der Waals surface area contributed by atoms with Crippen LogP contribution in [-0.2, 0) is 5.54 Å². The molecular weight excluding hydrogens is 220 g/mol. The molecule has 15 heavy (non-hydrogen) atoms. The van der Waals surface area contributed by atoms with E-state index in [1.807, 2.05) is 13.0 Å². The smallest absolute Gasteiger partial charge is 0.252 e. The fourth-order valence-electron chi connectivity index (χ4n) is 2.08. The van der Waals surface area contributed by atoms with Crippen molar-refractivity contribution in [3.05, 3.63) is 34.3 Å². The maximum atomic E-state index is 12.8. The van der Waals surface area contributed by atoms with Crippen molar-refractivity contribution in [1.82, 2.24) is 0 Å². The van der Waals surface area contributed by atoms with Gasteiger partial charge in [-0.2, -0.15) is 0 Å². The molecule has 1 nitrogen and oxygen atoms in total. The lowest BCUT2D eigenvalue weighted by Gasteiger charge is -2.45. The Morgan fingerprint density at radius 1 is 1.33 bits per heavy atom. The topological polar surface area (TPSA) is 26.0 Å². The molecule has 0 aliphatic heterocycles. The molecule has 0 saturated heterocycles. The molecule has 1 saturated carbocycles. The standard InChI is InChI=1S/C11H12ClF2N/c1-7-2-3-9(12)8(4-7)10(15)5-11(13,14)6-10/h2-4H,5-6,15H2,1H3. The van der Waals surface area contributed by atoms with Gasteiger partial charge in [-0.3, -0.25) is 0 Å². The maximum absolute atomic E-state index is 12.8. The van der Waals surface area contributed by atoms with Crippen molar-refractivity contribution < 1.29 is 8.78 Å². The third-order valence-corrected chi connectivity index (χ3v) is 3.14. The van der Waals surface area contributed by atoms with E-state index in [4.69, 9.17) is 17.3 Å². The lowest BCUT2D eigenvalue weighted by Crippen LogP contribution is -2.55. The number of halogens is 3. The summed E-state index contributed by atoms with van der Waals surface area (Å²) in [5.74, 6) is -2.64. The van der Waals surface area contributed by atoms with Crippen LogP contribution in [0.4, 0.5) is 8.78 Å². The summed E-state index contributed by atoms with van der Waals surface area (Å²) in [7, 11) is 0.